The van der Waals surface area contributed by atoms with E-state index in [-0.39, 0.29) is 0 Å². The van der Waals surface area contributed by atoms with Crippen LogP contribution in [0.5, 0.6) is 11.5 Å². The van der Waals surface area contributed by atoms with Crippen molar-refractivity contribution in [3.63, 3.8) is 0 Å². The molecule has 2 N–H and O–H groups in total. The summed E-state index contributed by atoms with van der Waals surface area (Å²) >= 11 is 14.8. The molecule has 2 rings (SSSR count). The minimum Gasteiger partial charge on any atom is -0.455 e. The Labute approximate surface area is 122 Å². The van der Waals surface area contributed by atoms with Gasteiger partial charge in [0.2, 0.25) is 0 Å². The lowest BCUT2D eigenvalue weighted by molar-refractivity contribution is 0.478. The summed E-state index contributed by atoms with van der Waals surface area (Å²) in [7, 11) is 0. The molecule has 0 saturated carbocycles. The highest BCUT2D eigenvalue weighted by Crippen LogP contribution is 2.35. The lowest BCUT2D eigenvalue weighted by Crippen LogP contribution is -1.93. The van der Waals surface area contributed by atoms with Gasteiger partial charge in [0.05, 0.1) is 15.7 Å². The van der Waals surface area contributed by atoms with E-state index in [0.29, 0.717) is 31.7 Å². The Morgan fingerprint density at radius 3 is 2.39 bits per heavy atom. The summed E-state index contributed by atoms with van der Waals surface area (Å²) in [6, 6.07) is 7.15. The molecule has 94 valence electrons. The quantitative estimate of drug-likeness (QED) is 0.749. The molecule has 0 bridgehead atoms. The van der Waals surface area contributed by atoms with Gasteiger partial charge in [-0.3, -0.25) is 0 Å². The molecule has 0 aromatic heterocycles. The van der Waals surface area contributed by atoms with Crippen molar-refractivity contribution in [2.45, 2.75) is 0 Å². The number of halogens is 4. The van der Waals surface area contributed by atoms with Gasteiger partial charge in [-0.1, -0.05) is 39.1 Å². The van der Waals surface area contributed by atoms with Gasteiger partial charge < -0.3 is 10.5 Å². The molecule has 18 heavy (non-hydrogen) atoms. The van der Waals surface area contributed by atoms with Gasteiger partial charge in [0.1, 0.15) is 11.6 Å². The summed E-state index contributed by atoms with van der Waals surface area (Å²) in [5.41, 5.74) is 6.06. The predicted molar refractivity (Wildman–Crippen MR) is 75.0 cm³/mol. The molecule has 0 heterocycles. The van der Waals surface area contributed by atoms with Crippen molar-refractivity contribution < 1.29 is 9.13 Å². The van der Waals surface area contributed by atoms with Gasteiger partial charge in [0.25, 0.3) is 0 Å². The highest BCUT2D eigenvalue weighted by Gasteiger charge is 2.08. The fraction of sp³-hybridized carbons (Fsp3) is 0. The smallest absolute Gasteiger partial charge is 0.151 e. The van der Waals surface area contributed by atoms with E-state index in [1.807, 2.05) is 0 Å². The maximum atomic E-state index is 13.2. The van der Waals surface area contributed by atoms with Crippen LogP contribution in [0.4, 0.5) is 10.1 Å². The van der Waals surface area contributed by atoms with Gasteiger partial charge in [-0.05, 0) is 18.2 Å². The first-order valence-corrected chi connectivity index (χ1v) is 6.39. The number of ether oxygens (including phenoxy) is 1. The maximum absolute atomic E-state index is 13.2. The van der Waals surface area contributed by atoms with Crippen LogP contribution in [0.1, 0.15) is 0 Å². The maximum Gasteiger partial charge on any atom is 0.151 e. The number of nitrogen functional groups attached to an aromatic ring is 1. The van der Waals surface area contributed by atoms with Gasteiger partial charge in [-0.2, -0.15) is 0 Å². The van der Waals surface area contributed by atoms with Crippen molar-refractivity contribution >= 4 is 44.8 Å². The van der Waals surface area contributed by atoms with Gasteiger partial charge >= 0.3 is 0 Å². The Morgan fingerprint density at radius 1 is 1.06 bits per heavy atom. The summed E-state index contributed by atoms with van der Waals surface area (Å²) in [5.74, 6) is 0.215. The number of hydrogen-bond acceptors (Lipinski definition) is 2. The summed E-state index contributed by atoms with van der Waals surface area (Å²) < 4.78 is 19.2. The second-order valence-corrected chi connectivity index (χ2v) is 5.24. The van der Waals surface area contributed by atoms with Gasteiger partial charge in [-0.25, -0.2) is 4.39 Å². The third kappa shape index (κ3) is 3.07. The van der Waals surface area contributed by atoms with E-state index in [1.165, 1.54) is 24.3 Å². The summed E-state index contributed by atoms with van der Waals surface area (Å²) in [6.07, 6.45) is 0. The molecule has 0 amide bonds. The molecule has 0 unspecified atom stereocenters. The Morgan fingerprint density at radius 2 is 1.72 bits per heavy atom. The average Bonchev–Trinajstić information content (AvgIpc) is 2.24. The van der Waals surface area contributed by atoms with Crippen LogP contribution in [0.2, 0.25) is 10.0 Å². The molecule has 0 fully saturated rings. The second-order valence-electron chi connectivity index (χ2n) is 3.51. The fourth-order valence-corrected chi connectivity index (χ4v) is 2.12. The molecule has 0 radical (unpaired) electrons. The van der Waals surface area contributed by atoms with Crippen LogP contribution < -0.4 is 10.5 Å². The molecule has 0 aliphatic carbocycles. The molecule has 2 aromatic carbocycles. The molecule has 6 heteroatoms. The summed E-state index contributed by atoms with van der Waals surface area (Å²) in [6.45, 7) is 0. The van der Waals surface area contributed by atoms with Crippen LogP contribution in [0.15, 0.2) is 34.8 Å². The van der Waals surface area contributed by atoms with E-state index in [9.17, 15) is 4.39 Å². The number of benzene rings is 2. The molecule has 0 saturated heterocycles. The Bertz CT molecular complexity index is 587. The largest absolute Gasteiger partial charge is 0.455 e. The van der Waals surface area contributed by atoms with Crippen LogP contribution in [0.3, 0.4) is 0 Å². The average molecular weight is 351 g/mol. The van der Waals surface area contributed by atoms with Crippen molar-refractivity contribution in [3.05, 3.63) is 50.7 Å². The summed E-state index contributed by atoms with van der Waals surface area (Å²) in [4.78, 5) is 0. The van der Waals surface area contributed by atoms with Crippen molar-refractivity contribution in [3.8, 4) is 11.5 Å². The van der Waals surface area contributed by atoms with Crippen LogP contribution in [0, 0.1) is 5.82 Å². The first kappa shape index (κ1) is 13.5. The van der Waals surface area contributed by atoms with Crippen LogP contribution >= 0.6 is 39.1 Å². The molecule has 0 aliphatic rings. The highest BCUT2D eigenvalue weighted by molar-refractivity contribution is 9.10. The monoisotopic (exact) mass is 349 g/mol. The normalized spacial score (nSPS) is 10.4. The zero-order chi connectivity index (χ0) is 13.3. The standard InChI is InChI=1S/C12H7BrCl2FNO/c13-6-1-7(16)3-8(2-6)18-12-5-10(15)9(14)4-11(12)17/h1-5H,17H2. The first-order chi connectivity index (χ1) is 8.45. The topological polar surface area (TPSA) is 35.2 Å². The van der Waals surface area contributed by atoms with Crippen molar-refractivity contribution in [2.75, 3.05) is 5.73 Å². The van der Waals surface area contributed by atoms with E-state index < -0.39 is 5.82 Å². The minimum atomic E-state index is -0.419. The van der Waals surface area contributed by atoms with E-state index in [2.05, 4.69) is 15.9 Å². The molecule has 0 atom stereocenters. The SMILES string of the molecule is Nc1cc(Cl)c(Cl)cc1Oc1cc(F)cc(Br)c1. The van der Waals surface area contributed by atoms with Crippen LogP contribution in [0.25, 0.3) is 0 Å². The third-order valence-corrected chi connectivity index (χ3v) is 3.30. The third-order valence-electron chi connectivity index (χ3n) is 2.12. The first-order valence-electron chi connectivity index (χ1n) is 4.84. The molecule has 0 spiro atoms. The van der Waals surface area contributed by atoms with Crippen molar-refractivity contribution in [1.82, 2.24) is 0 Å². The summed E-state index contributed by atoms with van der Waals surface area (Å²) in [5, 5.41) is 0.651. The fourth-order valence-electron chi connectivity index (χ4n) is 1.35. The molecule has 0 aliphatic heterocycles. The van der Waals surface area contributed by atoms with Crippen molar-refractivity contribution in [2.24, 2.45) is 0 Å². The van der Waals surface area contributed by atoms with Crippen LogP contribution in [-0.4, -0.2) is 0 Å². The predicted octanol–water partition coefficient (Wildman–Crippen LogP) is 5.27. The van der Waals surface area contributed by atoms with Gasteiger partial charge in [-0.15, -0.1) is 0 Å². The molecule has 2 aromatic rings. The zero-order valence-corrected chi connectivity index (χ0v) is 12.0. The highest BCUT2D eigenvalue weighted by atomic mass is 79.9. The van der Waals surface area contributed by atoms with E-state index in [0.717, 1.165) is 0 Å². The second kappa shape index (κ2) is 5.34. The Hall–Kier alpha value is -0.970. The lowest BCUT2D eigenvalue weighted by atomic mass is 10.3. The van der Waals surface area contributed by atoms with Crippen LogP contribution in [-0.2, 0) is 0 Å². The van der Waals surface area contributed by atoms with Gasteiger partial charge in [0, 0.05) is 16.6 Å². The van der Waals surface area contributed by atoms with E-state index in [1.54, 1.807) is 6.07 Å². The van der Waals surface area contributed by atoms with Gasteiger partial charge in [0.15, 0.2) is 5.75 Å². The van der Waals surface area contributed by atoms with E-state index in [4.69, 9.17) is 33.7 Å². The lowest BCUT2D eigenvalue weighted by Gasteiger charge is -2.10. The molecular weight excluding hydrogens is 344 g/mol. The number of hydrogen-bond donors (Lipinski definition) is 1. The molecule has 2 nitrogen and oxygen atoms in total. The van der Waals surface area contributed by atoms with E-state index >= 15 is 0 Å². The Balaban J connectivity index is 2.36. The number of nitrogens with two attached hydrogens (primary N) is 1. The number of anilines is 1. The molecular formula is C12H7BrCl2FNO. The zero-order valence-electron chi connectivity index (χ0n) is 8.88. The van der Waals surface area contributed by atoms with Crippen molar-refractivity contribution in [1.29, 1.82) is 0 Å². The minimum absolute atomic E-state index is 0.312. The number of rotatable bonds is 2. The Kier molecular flexibility index (Phi) is 4.00.